The Morgan fingerprint density at radius 3 is 1.29 bits per heavy atom. The quantitative estimate of drug-likeness (QED) is 0.0204. The molecule has 0 saturated carbocycles. The number of ether oxygens (including phenoxy) is 4. The summed E-state index contributed by atoms with van der Waals surface area (Å²) in [5, 5.41) is 87.5. The Kier molecular flexibility index (Phi) is 49.7. The Morgan fingerprint density at radius 1 is 0.451 bits per heavy atom. The van der Waals surface area contributed by atoms with Gasteiger partial charge in [-0.2, -0.15) is 0 Å². The van der Waals surface area contributed by atoms with E-state index >= 15 is 0 Å². The average Bonchev–Trinajstić information content (AvgIpc) is 3.49. The molecule has 14 heteroatoms. The summed E-state index contributed by atoms with van der Waals surface area (Å²) in [4.78, 5) is 13.3. The minimum Gasteiger partial charge on any atom is -0.394 e. The number of hydrogen-bond donors (Lipinski definition) is 9. The number of carbonyl (C=O) groups excluding carboxylic acids is 1. The topological polar surface area (TPSA) is 228 Å². The lowest BCUT2D eigenvalue weighted by Gasteiger charge is -2.46. The first-order valence-electron chi connectivity index (χ1n) is 34.2. The summed E-state index contributed by atoms with van der Waals surface area (Å²) < 4.78 is 22.9. The van der Waals surface area contributed by atoms with E-state index in [1.54, 1.807) is 0 Å². The first-order chi connectivity index (χ1) is 40.1. The van der Waals surface area contributed by atoms with Gasteiger partial charge in [0.15, 0.2) is 12.6 Å². The summed E-state index contributed by atoms with van der Waals surface area (Å²) >= 11 is 0. The molecule has 0 aromatic carbocycles. The maximum Gasteiger partial charge on any atom is 0.220 e. The zero-order chi connectivity index (χ0) is 59.5. The van der Waals surface area contributed by atoms with Crippen LogP contribution in [-0.2, 0) is 23.7 Å². The fourth-order valence-electron chi connectivity index (χ4n) is 11.4. The van der Waals surface area contributed by atoms with Crippen LogP contribution in [0.5, 0.6) is 0 Å². The summed E-state index contributed by atoms with van der Waals surface area (Å²) in [5.41, 5.74) is 0. The molecule has 2 fully saturated rings. The Bertz CT molecular complexity index is 1510. The number of nitrogens with one attached hydrogen (secondary N) is 1. The molecule has 82 heavy (non-hydrogen) atoms. The highest BCUT2D eigenvalue weighted by Gasteiger charge is 2.51. The van der Waals surface area contributed by atoms with Gasteiger partial charge in [-0.15, -0.1) is 0 Å². The van der Waals surface area contributed by atoms with E-state index in [1.165, 1.54) is 186 Å². The van der Waals surface area contributed by atoms with E-state index < -0.39 is 86.8 Å². The molecule has 12 unspecified atom stereocenters. The zero-order valence-corrected chi connectivity index (χ0v) is 52.2. The van der Waals surface area contributed by atoms with Gasteiger partial charge in [-0.3, -0.25) is 4.79 Å². The van der Waals surface area contributed by atoms with Gasteiger partial charge < -0.3 is 65.1 Å². The van der Waals surface area contributed by atoms with Crippen LogP contribution >= 0.6 is 0 Å². The molecule has 12 atom stereocenters. The molecule has 0 radical (unpaired) electrons. The summed E-state index contributed by atoms with van der Waals surface area (Å²) in [6.07, 6.45) is 50.3. The molecule has 1 amide bonds. The van der Waals surface area contributed by atoms with Crippen molar-refractivity contribution in [2.24, 2.45) is 0 Å². The van der Waals surface area contributed by atoms with Gasteiger partial charge >= 0.3 is 0 Å². The van der Waals surface area contributed by atoms with Crippen LogP contribution in [0.2, 0.25) is 0 Å². The lowest BCUT2D eigenvalue weighted by atomic mass is 9.97. The Labute approximate surface area is 500 Å². The third-order valence-corrected chi connectivity index (χ3v) is 16.9. The van der Waals surface area contributed by atoms with Crippen LogP contribution in [0.25, 0.3) is 0 Å². The number of aliphatic hydroxyl groups is 8. The fraction of sp³-hybridized carbons (Fsp3) is 0.897. The molecule has 2 aliphatic rings. The molecule has 0 aliphatic carbocycles. The number of allylic oxidation sites excluding steroid dienone is 6. The third kappa shape index (κ3) is 37.7. The van der Waals surface area contributed by atoms with E-state index in [0.717, 1.165) is 77.0 Å². The molecule has 9 N–H and O–H groups in total. The van der Waals surface area contributed by atoms with Crippen LogP contribution in [0.1, 0.15) is 296 Å². The van der Waals surface area contributed by atoms with E-state index in [9.17, 15) is 45.6 Å². The van der Waals surface area contributed by atoms with Crippen molar-refractivity contribution in [3.8, 4) is 0 Å². The van der Waals surface area contributed by atoms with Crippen LogP contribution in [0.4, 0.5) is 0 Å². The molecule has 482 valence electrons. The van der Waals surface area contributed by atoms with Gasteiger partial charge in [0.2, 0.25) is 5.91 Å². The average molecular weight is 1170 g/mol. The zero-order valence-electron chi connectivity index (χ0n) is 52.2. The minimum atomic E-state index is -1.78. The van der Waals surface area contributed by atoms with Gasteiger partial charge in [0, 0.05) is 6.42 Å². The SMILES string of the molecule is CC/C=C\C/C=C\C/C=C\CCCCCCCCCC(=O)NC(COC1OC(CO)C(OC2OC(CO)C(O)C(O)C2O)C(O)C1O)C(O)CCCCCCCCCCCCCCCCCCCCCCCCCCCCCCCCC. The number of amides is 1. The maximum absolute atomic E-state index is 13.3. The molecule has 2 aliphatic heterocycles. The second-order valence-corrected chi connectivity index (χ2v) is 24.3. The van der Waals surface area contributed by atoms with E-state index in [0.29, 0.717) is 19.3 Å². The fourth-order valence-corrected chi connectivity index (χ4v) is 11.4. The predicted octanol–water partition coefficient (Wildman–Crippen LogP) is 13.3. The van der Waals surface area contributed by atoms with Crippen molar-refractivity contribution in [3.05, 3.63) is 36.5 Å². The Hall–Kier alpha value is -1.79. The van der Waals surface area contributed by atoms with E-state index in [-0.39, 0.29) is 12.5 Å². The van der Waals surface area contributed by atoms with E-state index in [2.05, 4.69) is 55.6 Å². The summed E-state index contributed by atoms with van der Waals surface area (Å²) in [5.74, 6) is -0.214. The number of aliphatic hydroxyl groups excluding tert-OH is 8. The van der Waals surface area contributed by atoms with Crippen molar-refractivity contribution in [3.63, 3.8) is 0 Å². The smallest absolute Gasteiger partial charge is 0.220 e. The molecule has 2 rings (SSSR count). The molecule has 2 heterocycles. The highest BCUT2D eigenvalue weighted by Crippen LogP contribution is 2.30. The first-order valence-corrected chi connectivity index (χ1v) is 34.2. The second kappa shape index (κ2) is 53.4. The summed E-state index contributed by atoms with van der Waals surface area (Å²) in [6.45, 7) is 2.78. The van der Waals surface area contributed by atoms with Crippen LogP contribution in [0, 0.1) is 0 Å². The normalized spacial score (nSPS) is 24.1. The van der Waals surface area contributed by atoms with E-state index in [1.807, 2.05) is 0 Å². The number of rotatable bonds is 56. The van der Waals surface area contributed by atoms with E-state index in [4.69, 9.17) is 18.9 Å². The molecule has 0 spiro atoms. The Morgan fingerprint density at radius 2 is 0.841 bits per heavy atom. The minimum absolute atomic E-state index is 0.214. The van der Waals surface area contributed by atoms with Crippen molar-refractivity contribution in [1.82, 2.24) is 5.32 Å². The lowest BCUT2D eigenvalue weighted by molar-refractivity contribution is -0.359. The number of unbranched alkanes of at least 4 members (excludes halogenated alkanes) is 37. The molecule has 14 nitrogen and oxygen atoms in total. The van der Waals surface area contributed by atoms with Crippen LogP contribution in [-0.4, -0.2) is 140 Å². The van der Waals surface area contributed by atoms with Gasteiger partial charge in [0.1, 0.15) is 48.8 Å². The lowest BCUT2D eigenvalue weighted by Crippen LogP contribution is -2.65. The number of hydrogen-bond acceptors (Lipinski definition) is 13. The van der Waals surface area contributed by atoms with Crippen molar-refractivity contribution in [1.29, 1.82) is 0 Å². The molecular weight excluding hydrogens is 1040 g/mol. The standard InChI is InChI=1S/C68H127NO13/c1-3-5-7-9-11-13-15-17-19-21-22-23-24-25-26-27-28-29-30-31-32-33-34-36-37-39-41-43-45-47-49-51-57(72)56(69-60(73)52-50-48-46-44-42-40-38-35-20-18-16-14-12-10-8-6-4-2)55-79-67-65(78)63(76)66(59(54-71)81-67)82-68-64(77)62(75)61(74)58(53-70)80-68/h6,8,12,14,18,20,56-59,61-68,70-72,74-78H,3-5,7,9-11,13,15-17,19,21-55H2,1-2H3,(H,69,73)/b8-6-,14-12-,20-18-. The van der Waals surface area contributed by atoms with Crippen LogP contribution in [0.3, 0.4) is 0 Å². The number of carbonyl (C=O) groups is 1. The summed E-state index contributed by atoms with van der Waals surface area (Å²) in [7, 11) is 0. The highest BCUT2D eigenvalue weighted by atomic mass is 16.7. The summed E-state index contributed by atoms with van der Waals surface area (Å²) in [6, 6.07) is -0.835. The van der Waals surface area contributed by atoms with Crippen molar-refractivity contribution < 1.29 is 64.6 Å². The van der Waals surface area contributed by atoms with Gasteiger partial charge in [0.05, 0.1) is 32.0 Å². The van der Waals surface area contributed by atoms with Gasteiger partial charge in [-0.1, -0.05) is 281 Å². The van der Waals surface area contributed by atoms with Crippen LogP contribution in [0.15, 0.2) is 36.5 Å². The third-order valence-electron chi connectivity index (χ3n) is 16.9. The maximum atomic E-state index is 13.3. The predicted molar refractivity (Wildman–Crippen MR) is 332 cm³/mol. The van der Waals surface area contributed by atoms with Gasteiger partial charge in [-0.05, 0) is 44.9 Å². The molecule has 0 aromatic rings. The van der Waals surface area contributed by atoms with Gasteiger partial charge in [0.25, 0.3) is 0 Å². The van der Waals surface area contributed by atoms with Crippen molar-refractivity contribution >= 4 is 5.91 Å². The molecule has 0 bridgehead atoms. The van der Waals surface area contributed by atoms with Crippen molar-refractivity contribution in [2.45, 2.75) is 370 Å². The Balaban J connectivity index is 1.65. The molecule has 2 saturated heterocycles. The second-order valence-electron chi connectivity index (χ2n) is 24.3. The molecule has 0 aromatic heterocycles. The monoisotopic (exact) mass is 1170 g/mol. The molecular formula is C68H127NO13. The first kappa shape index (κ1) is 76.3. The van der Waals surface area contributed by atoms with Gasteiger partial charge in [-0.25, -0.2) is 0 Å². The largest absolute Gasteiger partial charge is 0.394 e. The van der Waals surface area contributed by atoms with Crippen molar-refractivity contribution in [2.75, 3.05) is 19.8 Å². The van der Waals surface area contributed by atoms with Crippen LogP contribution < -0.4 is 5.32 Å². The highest BCUT2D eigenvalue weighted by molar-refractivity contribution is 5.76.